The Morgan fingerprint density at radius 1 is 1.21 bits per heavy atom. The fourth-order valence-corrected chi connectivity index (χ4v) is 2.36. The van der Waals surface area contributed by atoms with Crippen molar-refractivity contribution < 1.29 is 0 Å². The Morgan fingerprint density at radius 2 is 1.93 bits per heavy atom. The van der Waals surface area contributed by atoms with Gasteiger partial charge in [0.2, 0.25) is 0 Å². The third kappa shape index (κ3) is 1.80. The molecule has 0 amide bonds. The van der Waals surface area contributed by atoms with Gasteiger partial charge in [-0.3, -0.25) is 4.98 Å². The summed E-state index contributed by atoms with van der Waals surface area (Å²) in [4.78, 5) is 4.21. The molecule has 14 heavy (non-hydrogen) atoms. The standard InChI is InChI=1S/C12H18N2/c1-9-7-13-8-10(2)12(9)11-5-3-4-6-14-11/h7-8,11,14H,3-6H2,1-2H3. The number of piperidine rings is 1. The van der Waals surface area contributed by atoms with Crippen LogP contribution in [-0.2, 0) is 0 Å². The molecule has 2 nitrogen and oxygen atoms in total. The third-order valence-electron chi connectivity index (χ3n) is 3.04. The largest absolute Gasteiger partial charge is 0.310 e. The van der Waals surface area contributed by atoms with E-state index in [9.17, 15) is 0 Å². The number of pyridine rings is 1. The molecule has 1 fully saturated rings. The lowest BCUT2D eigenvalue weighted by molar-refractivity contribution is 0.409. The zero-order chi connectivity index (χ0) is 9.97. The number of aromatic nitrogens is 1. The highest BCUT2D eigenvalue weighted by Crippen LogP contribution is 2.27. The summed E-state index contributed by atoms with van der Waals surface area (Å²) < 4.78 is 0. The summed E-state index contributed by atoms with van der Waals surface area (Å²) in [5.41, 5.74) is 4.12. The maximum absolute atomic E-state index is 4.21. The van der Waals surface area contributed by atoms with Gasteiger partial charge in [-0.05, 0) is 49.9 Å². The van der Waals surface area contributed by atoms with E-state index in [2.05, 4.69) is 24.1 Å². The Bertz CT molecular complexity index is 294. The first-order valence-electron chi connectivity index (χ1n) is 5.43. The molecule has 1 saturated heterocycles. The Kier molecular flexibility index (Phi) is 2.82. The second kappa shape index (κ2) is 4.09. The highest BCUT2D eigenvalue weighted by Gasteiger charge is 2.18. The van der Waals surface area contributed by atoms with Crippen LogP contribution in [0.3, 0.4) is 0 Å². The second-order valence-corrected chi connectivity index (χ2v) is 4.19. The summed E-state index contributed by atoms with van der Waals surface area (Å²) in [6.45, 7) is 5.48. The lowest BCUT2D eigenvalue weighted by atomic mass is 9.92. The van der Waals surface area contributed by atoms with Crippen molar-refractivity contribution in [2.45, 2.75) is 39.2 Å². The van der Waals surface area contributed by atoms with Crippen LogP contribution in [0.4, 0.5) is 0 Å². The molecule has 2 heteroatoms. The van der Waals surface area contributed by atoms with Crippen LogP contribution in [0, 0.1) is 13.8 Å². The maximum Gasteiger partial charge on any atom is 0.0326 e. The van der Waals surface area contributed by atoms with E-state index in [4.69, 9.17) is 0 Å². The van der Waals surface area contributed by atoms with Crippen LogP contribution in [0.5, 0.6) is 0 Å². The van der Waals surface area contributed by atoms with E-state index in [-0.39, 0.29) is 0 Å². The van der Waals surface area contributed by atoms with E-state index in [1.165, 1.54) is 36.0 Å². The van der Waals surface area contributed by atoms with Gasteiger partial charge >= 0.3 is 0 Å². The van der Waals surface area contributed by atoms with Gasteiger partial charge in [0.15, 0.2) is 0 Å². The minimum absolute atomic E-state index is 0.562. The van der Waals surface area contributed by atoms with Crippen molar-refractivity contribution >= 4 is 0 Å². The fourth-order valence-electron chi connectivity index (χ4n) is 2.36. The molecule has 1 aromatic rings. The van der Waals surface area contributed by atoms with Gasteiger partial charge in [0.05, 0.1) is 0 Å². The minimum atomic E-state index is 0.562. The molecule has 76 valence electrons. The van der Waals surface area contributed by atoms with Crippen LogP contribution in [0.2, 0.25) is 0 Å². The molecule has 1 aliphatic heterocycles. The normalized spacial score (nSPS) is 22.3. The summed E-state index contributed by atoms with van der Waals surface area (Å²) in [5, 5.41) is 3.59. The highest BCUT2D eigenvalue weighted by atomic mass is 14.9. The summed E-state index contributed by atoms with van der Waals surface area (Å²) in [6.07, 6.45) is 7.88. The first-order valence-corrected chi connectivity index (χ1v) is 5.43. The van der Waals surface area contributed by atoms with E-state index in [1.807, 2.05) is 12.4 Å². The molecule has 1 N–H and O–H groups in total. The average molecular weight is 190 g/mol. The number of nitrogens with zero attached hydrogens (tertiary/aromatic N) is 1. The van der Waals surface area contributed by atoms with Crippen LogP contribution in [0.25, 0.3) is 0 Å². The Labute approximate surface area is 85.7 Å². The summed E-state index contributed by atoms with van der Waals surface area (Å²) in [6, 6.07) is 0.562. The molecule has 0 saturated carbocycles. The smallest absolute Gasteiger partial charge is 0.0326 e. The SMILES string of the molecule is Cc1cncc(C)c1C1CCCCN1. The van der Waals surface area contributed by atoms with Crippen LogP contribution >= 0.6 is 0 Å². The van der Waals surface area contributed by atoms with Crippen LogP contribution in [-0.4, -0.2) is 11.5 Å². The molecule has 0 aliphatic carbocycles. The lowest BCUT2D eigenvalue weighted by Crippen LogP contribution is -2.28. The van der Waals surface area contributed by atoms with E-state index in [1.54, 1.807) is 0 Å². The highest BCUT2D eigenvalue weighted by molar-refractivity contribution is 5.33. The van der Waals surface area contributed by atoms with Gasteiger partial charge in [-0.2, -0.15) is 0 Å². The monoisotopic (exact) mass is 190 g/mol. The van der Waals surface area contributed by atoms with Gasteiger partial charge < -0.3 is 5.32 Å². The molecular formula is C12H18N2. The molecular weight excluding hydrogens is 172 g/mol. The Morgan fingerprint density at radius 3 is 2.50 bits per heavy atom. The third-order valence-corrected chi connectivity index (χ3v) is 3.04. The van der Waals surface area contributed by atoms with Gasteiger partial charge in [0.1, 0.15) is 0 Å². The molecule has 2 heterocycles. The lowest BCUT2D eigenvalue weighted by Gasteiger charge is -2.26. The van der Waals surface area contributed by atoms with Gasteiger partial charge in [-0.25, -0.2) is 0 Å². The number of nitrogens with one attached hydrogen (secondary N) is 1. The summed E-state index contributed by atoms with van der Waals surface area (Å²) in [7, 11) is 0. The first kappa shape index (κ1) is 9.66. The van der Waals surface area contributed by atoms with E-state index in [0.29, 0.717) is 6.04 Å². The van der Waals surface area contributed by atoms with Crippen LogP contribution < -0.4 is 5.32 Å². The van der Waals surface area contributed by atoms with Gasteiger partial charge in [0, 0.05) is 18.4 Å². The van der Waals surface area contributed by atoms with E-state index in [0.717, 1.165) is 6.54 Å². The zero-order valence-electron chi connectivity index (χ0n) is 9.01. The first-order chi connectivity index (χ1) is 6.79. The Balaban J connectivity index is 2.29. The molecule has 0 aromatic carbocycles. The van der Waals surface area contributed by atoms with Gasteiger partial charge in [-0.15, -0.1) is 0 Å². The molecule has 2 rings (SSSR count). The molecule has 1 aromatic heterocycles. The van der Waals surface area contributed by atoms with Crippen molar-refractivity contribution in [1.82, 2.24) is 10.3 Å². The van der Waals surface area contributed by atoms with Crippen molar-refractivity contribution in [1.29, 1.82) is 0 Å². The molecule has 1 aliphatic rings. The summed E-state index contributed by atoms with van der Waals surface area (Å²) in [5.74, 6) is 0. The zero-order valence-corrected chi connectivity index (χ0v) is 9.01. The molecule has 1 unspecified atom stereocenters. The molecule has 1 atom stereocenters. The van der Waals surface area contributed by atoms with Crippen molar-refractivity contribution in [2.75, 3.05) is 6.54 Å². The fraction of sp³-hybridized carbons (Fsp3) is 0.583. The van der Waals surface area contributed by atoms with E-state index < -0.39 is 0 Å². The Hall–Kier alpha value is -0.890. The molecule has 0 bridgehead atoms. The molecule has 0 radical (unpaired) electrons. The van der Waals surface area contributed by atoms with Crippen LogP contribution in [0.1, 0.15) is 42.0 Å². The maximum atomic E-state index is 4.21. The van der Waals surface area contributed by atoms with Gasteiger partial charge in [-0.1, -0.05) is 6.42 Å². The van der Waals surface area contributed by atoms with Crippen molar-refractivity contribution in [3.05, 3.63) is 29.1 Å². The number of aryl methyl sites for hydroxylation is 2. The number of rotatable bonds is 1. The minimum Gasteiger partial charge on any atom is -0.310 e. The predicted molar refractivity (Wildman–Crippen MR) is 58.3 cm³/mol. The van der Waals surface area contributed by atoms with Crippen molar-refractivity contribution in [2.24, 2.45) is 0 Å². The van der Waals surface area contributed by atoms with Crippen LogP contribution in [0.15, 0.2) is 12.4 Å². The summed E-state index contributed by atoms with van der Waals surface area (Å²) >= 11 is 0. The van der Waals surface area contributed by atoms with Crippen molar-refractivity contribution in [3.8, 4) is 0 Å². The number of hydrogen-bond acceptors (Lipinski definition) is 2. The second-order valence-electron chi connectivity index (χ2n) is 4.19. The van der Waals surface area contributed by atoms with E-state index >= 15 is 0 Å². The number of hydrogen-bond donors (Lipinski definition) is 1. The topological polar surface area (TPSA) is 24.9 Å². The predicted octanol–water partition coefficient (Wildman–Crippen LogP) is 2.51. The molecule has 0 spiro atoms. The quantitative estimate of drug-likeness (QED) is 0.736. The van der Waals surface area contributed by atoms with Crippen molar-refractivity contribution in [3.63, 3.8) is 0 Å². The van der Waals surface area contributed by atoms with Gasteiger partial charge in [0.25, 0.3) is 0 Å². The average Bonchev–Trinajstić information content (AvgIpc) is 2.19.